The molecular formula is C15H14O3S. The Bertz CT molecular complexity index is 684. The highest BCUT2D eigenvalue weighted by molar-refractivity contribution is 7.19. The van der Waals surface area contributed by atoms with Crippen molar-refractivity contribution in [2.24, 2.45) is 5.92 Å². The van der Waals surface area contributed by atoms with Crippen LogP contribution < -0.4 is 0 Å². The Kier molecular flexibility index (Phi) is 2.90. The molecule has 1 aromatic carbocycles. The van der Waals surface area contributed by atoms with Gasteiger partial charge in [0, 0.05) is 15.1 Å². The zero-order valence-corrected chi connectivity index (χ0v) is 11.4. The van der Waals surface area contributed by atoms with Crippen LogP contribution in [-0.4, -0.2) is 16.9 Å². The lowest BCUT2D eigenvalue weighted by atomic mass is 9.87. The third kappa shape index (κ3) is 2.06. The van der Waals surface area contributed by atoms with Crippen molar-refractivity contribution in [1.82, 2.24) is 0 Å². The molecule has 3 rings (SSSR count). The number of carbonyl (C=O) groups excluding carboxylic acids is 1. The number of aliphatic carboxylic acids is 1. The SMILES string of the molecule is CC(=O)c1ccc2sc3c(c2c1)CCC(C(=O)O)C3. The summed E-state index contributed by atoms with van der Waals surface area (Å²) in [6, 6.07) is 5.78. The molecule has 1 unspecified atom stereocenters. The van der Waals surface area contributed by atoms with Crippen molar-refractivity contribution in [1.29, 1.82) is 0 Å². The number of carboxylic acid groups (broad SMARTS) is 1. The fourth-order valence-corrected chi connectivity index (χ4v) is 4.03. The summed E-state index contributed by atoms with van der Waals surface area (Å²) in [6.07, 6.45) is 2.12. The molecule has 0 amide bonds. The van der Waals surface area contributed by atoms with Gasteiger partial charge in [-0.3, -0.25) is 9.59 Å². The number of aryl methyl sites for hydroxylation is 1. The average Bonchev–Trinajstić information content (AvgIpc) is 2.74. The normalized spacial score (nSPS) is 18.3. The topological polar surface area (TPSA) is 54.4 Å². The summed E-state index contributed by atoms with van der Waals surface area (Å²) in [6.45, 7) is 1.57. The molecule has 2 aromatic rings. The summed E-state index contributed by atoms with van der Waals surface area (Å²) >= 11 is 1.67. The number of ketones is 1. The van der Waals surface area contributed by atoms with Gasteiger partial charge in [0.1, 0.15) is 0 Å². The van der Waals surface area contributed by atoms with Crippen molar-refractivity contribution in [3.05, 3.63) is 34.2 Å². The zero-order valence-electron chi connectivity index (χ0n) is 10.6. The van der Waals surface area contributed by atoms with Crippen molar-refractivity contribution >= 4 is 33.2 Å². The maximum absolute atomic E-state index is 11.4. The Morgan fingerprint density at radius 3 is 2.84 bits per heavy atom. The molecule has 0 fully saturated rings. The van der Waals surface area contributed by atoms with Crippen LogP contribution in [0.25, 0.3) is 10.1 Å². The molecule has 0 spiro atoms. The van der Waals surface area contributed by atoms with Crippen molar-refractivity contribution < 1.29 is 14.7 Å². The molecule has 0 bridgehead atoms. The van der Waals surface area contributed by atoms with Gasteiger partial charge in [-0.25, -0.2) is 0 Å². The summed E-state index contributed by atoms with van der Waals surface area (Å²) in [7, 11) is 0. The molecule has 1 atom stereocenters. The molecule has 19 heavy (non-hydrogen) atoms. The van der Waals surface area contributed by atoms with E-state index in [0.29, 0.717) is 12.8 Å². The molecule has 0 saturated carbocycles. The molecule has 1 aliphatic rings. The van der Waals surface area contributed by atoms with E-state index in [1.807, 2.05) is 18.2 Å². The van der Waals surface area contributed by atoms with Crippen LogP contribution in [0.15, 0.2) is 18.2 Å². The molecular weight excluding hydrogens is 260 g/mol. The van der Waals surface area contributed by atoms with Crippen LogP contribution in [-0.2, 0) is 17.6 Å². The van der Waals surface area contributed by atoms with Crippen LogP contribution in [0.5, 0.6) is 0 Å². The van der Waals surface area contributed by atoms with Gasteiger partial charge < -0.3 is 5.11 Å². The van der Waals surface area contributed by atoms with E-state index in [9.17, 15) is 9.59 Å². The monoisotopic (exact) mass is 274 g/mol. The molecule has 0 saturated heterocycles. The van der Waals surface area contributed by atoms with E-state index in [1.54, 1.807) is 18.3 Å². The van der Waals surface area contributed by atoms with Gasteiger partial charge >= 0.3 is 5.97 Å². The number of hydrogen-bond donors (Lipinski definition) is 1. The zero-order chi connectivity index (χ0) is 13.6. The second kappa shape index (κ2) is 4.46. The van der Waals surface area contributed by atoms with E-state index in [2.05, 4.69) is 0 Å². The lowest BCUT2D eigenvalue weighted by molar-refractivity contribution is -0.142. The average molecular weight is 274 g/mol. The van der Waals surface area contributed by atoms with E-state index in [0.717, 1.165) is 22.1 Å². The van der Waals surface area contributed by atoms with Crippen LogP contribution in [0.1, 0.15) is 34.1 Å². The summed E-state index contributed by atoms with van der Waals surface area (Å²) in [5.74, 6) is -0.888. The van der Waals surface area contributed by atoms with E-state index in [4.69, 9.17) is 5.11 Å². The minimum atomic E-state index is -0.701. The fraction of sp³-hybridized carbons (Fsp3) is 0.333. The van der Waals surface area contributed by atoms with Crippen molar-refractivity contribution in [2.75, 3.05) is 0 Å². The van der Waals surface area contributed by atoms with Gasteiger partial charge in [0.25, 0.3) is 0 Å². The van der Waals surface area contributed by atoms with Crippen molar-refractivity contribution in [3.8, 4) is 0 Å². The molecule has 3 nitrogen and oxygen atoms in total. The second-order valence-corrected chi connectivity index (χ2v) is 6.19. The first-order valence-corrected chi connectivity index (χ1v) is 7.16. The summed E-state index contributed by atoms with van der Waals surface area (Å²) < 4.78 is 1.15. The number of rotatable bonds is 2. The smallest absolute Gasteiger partial charge is 0.306 e. The third-order valence-corrected chi connectivity index (χ3v) is 5.04. The van der Waals surface area contributed by atoms with Gasteiger partial charge in [0.05, 0.1) is 5.92 Å². The van der Waals surface area contributed by atoms with E-state index >= 15 is 0 Å². The number of thiophene rings is 1. The number of carboxylic acids is 1. The Morgan fingerprint density at radius 1 is 1.37 bits per heavy atom. The fourth-order valence-electron chi connectivity index (χ4n) is 2.71. The van der Waals surface area contributed by atoms with Crippen LogP contribution in [0.3, 0.4) is 0 Å². The quantitative estimate of drug-likeness (QED) is 0.855. The maximum atomic E-state index is 11.4. The predicted octanol–water partition coefficient (Wildman–Crippen LogP) is 3.29. The van der Waals surface area contributed by atoms with Crippen LogP contribution >= 0.6 is 11.3 Å². The molecule has 1 aliphatic carbocycles. The number of carbonyl (C=O) groups is 2. The molecule has 1 aromatic heterocycles. The Hall–Kier alpha value is -1.68. The van der Waals surface area contributed by atoms with E-state index in [-0.39, 0.29) is 11.7 Å². The Balaban J connectivity index is 2.09. The lowest BCUT2D eigenvalue weighted by Gasteiger charge is -2.18. The lowest BCUT2D eigenvalue weighted by Crippen LogP contribution is -2.20. The minimum Gasteiger partial charge on any atom is -0.481 e. The number of Topliss-reactive ketones (excluding diaryl/α,β-unsaturated/α-hetero) is 1. The van der Waals surface area contributed by atoms with Gasteiger partial charge in [-0.15, -0.1) is 11.3 Å². The Labute approximate surface area is 114 Å². The van der Waals surface area contributed by atoms with Gasteiger partial charge in [-0.2, -0.15) is 0 Å². The molecule has 1 heterocycles. The minimum absolute atomic E-state index is 0.0704. The summed E-state index contributed by atoms with van der Waals surface area (Å²) in [5.41, 5.74) is 1.98. The van der Waals surface area contributed by atoms with Crippen LogP contribution in [0.2, 0.25) is 0 Å². The molecule has 98 valence electrons. The number of hydrogen-bond acceptors (Lipinski definition) is 3. The predicted molar refractivity (Wildman–Crippen MR) is 75.0 cm³/mol. The van der Waals surface area contributed by atoms with E-state index in [1.165, 1.54) is 10.4 Å². The first-order chi connectivity index (χ1) is 9.06. The number of benzene rings is 1. The summed E-state index contributed by atoms with van der Waals surface area (Å²) in [4.78, 5) is 23.7. The van der Waals surface area contributed by atoms with Crippen molar-refractivity contribution in [2.45, 2.75) is 26.2 Å². The molecule has 0 aliphatic heterocycles. The highest BCUT2D eigenvalue weighted by Gasteiger charge is 2.27. The third-order valence-electron chi connectivity index (χ3n) is 3.80. The standard InChI is InChI=1S/C15H14O3S/c1-8(16)9-3-5-13-12(6-9)11-4-2-10(15(17)18)7-14(11)19-13/h3,5-6,10H,2,4,7H2,1H3,(H,17,18). The van der Waals surface area contributed by atoms with Crippen molar-refractivity contribution in [3.63, 3.8) is 0 Å². The maximum Gasteiger partial charge on any atom is 0.306 e. The highest BCUT2D eigenvalue weighted by Crippen LogP contribution is 2.38. The van der Waals surface area contributed by atoms with Crippen LogP contribution in [0, 0.1) is 5.92 Å². The number of fused-ring (bicyclic) bond motifs is 3. The first kappa shape index (κ1) is 12.4. The van der Waals surface area contributed by atoms with Gasteiger partial charge in [0.2, 0.25) is 0 Å². The highest BCUT2D eigenvalue weighted by atomic mass is 32.1. The second-order valence-electron chi connectivity index (χ2n) is 5.05. The summed E-state index contributed by atoms with van der Waals surface area (Å²) in [5, 5.41) is 10.3. The van der Waals surface area contributed by atoms with Gasteiger partial charge in [-0.1, -0.05) is 0 Å². The Morgan fingerprint density at radius 2 is 2.16 bits per heavy atom. The van der Waals surface area contributed by atoms with E-state index < -0.39 is 5.97 Å². The van der Waals surface area contributed by atoms with Gasteiger partial charge in [0.15, 0.2) is 5.78 Å². The van der Waals surface area contributed by atoms with Crippen LogP contribution in [0.4, 0.5) is 0 Å². The van der Waals surface area contributed by atoms with Gasteiger partial charge in [-0.05, 0) is 55.3 Å². The molecule has 0 radical (unpaired) electrons. The first-order valence-electron chi connectivity index (χ1n) is 6.34. The largest absolute Gasteiger partial charge is 0.481 e. The molecule has 1 N–H and O–H groups in total. The molecule has 4 heteroatoms.